The number of rotatable bonds is 11. The Bertz CT molecular complexity index is 736. The third-order valence-electron chi connectivity index (χ3n) is 3.57. The van der Waals surface area contributed by atoms with Crippen molar-refractivity contribution in [1.82, 2.24) is 4.72 Å². The molecule has 0 saturated carbocycles. The lowest BCUT2D eigenvalue weighted by Gasteiger charge is -2.14. The zero-order chi connectivity index (χ0) is 19.6. The molecule has 5 nitrogen and oxygen atoms in total. The van der Waals surface area contributed by atoms with Gasteiger partial charge in [-0.25, -0.2) is 8.42 Å². The quantitative estimate of drug-likeness (QED) is 0.438. The molecule has 0 heterocycles. The van der Waals surface area contributed by atoms with Crippen molar-refractivity contribution in [3.8, 4) is 0 Å². The molecule has 0 aliphatic heterocycles. The van der Waals surface area contributed by atoms with Gasteiger partial charge in [0.25, 0.3) is 0 Å². The summed E-state index contributed by atoms with van der Waals surface area (Å²) in [5, 5.41) is 9.30. The van der Waals surface area contributed by atoms with Gasteiger partial charge in [0.2, 0.25) is 10.0 Å². The van der Waals surface area contributed by atoms with Crippen molar-refractivity contribution in [2.75, 3.05) is 11.5 Å². The first kappa shape index (κ1) is 22.5. The number of carboxylic acids is 1. The Labute approximate surface area is 160 Å². The fourth-order valence-electron chi connectivity index (χ4n) is 2.09. The second-order valence-corrected chi connectivity index (χ2v) is 9.02. The van der Waals surface area contributed by atoms with Crippen molar-refractivity contribution in [3.05, 3.63) is 53.6 Å². The largest absolute Gasteiger partial charge is 0.480 e. The number of aliphatic carboxylic acids is 1. The van der Waals surface area contributed by atoms with Crippen molar-refractivity contribution in [3.63, 3.8) is 0 Å². The molecule has 1 aromatic rings. The lowest BCUT2D eigenvalue weighted by Crippen LogP contribution is -2.42. The van der Waals surface area contributed by atoms with E-state index in [1.807, 2.05) is 6.92 Å². The Balaban J connectivity index is 2.54. The van der Waals surface area contributed by atoms with Gasteiger partial charge < -0.3 is 5.11 Å². The molecule has 2 N–H and O–H groups in total. The normalized spacial score (nSPS) is 13.3. The number of benzene rings is 1. The summed E-state index contributed by atoms with van der Waals surface area (Å²) >= 11 is 1.39. The second kappa shape index (κ2) is 11.2. The molecule has 0 unspecified atom stereocenters. The van der Waals surface area contributed by atoms with Gasteiger partial charge in [-0.3, -0.25) is 4.79 Å². The van der Waals surface area contributed by atoms with Gasteiger partial charge in [-0.15, -0.1) is 0 Å². The number of thioether (sulfide) groups is 1. The molecular weight excluding hydrogens is 370 g/mol. The molecule has 0 amide bonds. The average molecular weight is 398 g/mol. The van der Waals surface area contributed by atoms with Crippen LogP contribution < -0.4 is 4.72 Å². The molecule has 0 aromatic heterocycles. The van der Waals surface area contributed by atoms with Crippen LogP contribution in [0.3, 0.4) is 0 Å². The monoisotopic (exact) mass is 397 g/mol. The van der Waals surface area contributed by atoms with Crippen molar-refractivity contribution in [2.45, 2.75) is 44.6 Å². The molecule has 0 fully saturated rings. The summed E-state index contributed by atoms with van der Waals surface area (Å²) < 4.78 is 26.8. The molecule has 0 bridgehead atoms. The Morgan fingerprint density at radius 2 is 1.85 bits per heavy atom. The molecule has 1 atom stereocenters. The molecule has 7 heteroatoms. The highest BCUT2D eigenvalue weighted by Crippen LogP contribution is 2.13. The predicted molar refractivity (Wildman–Crippen MR) is 108 cm³/mol. The average Bonchev–Trinajstić information content (AvgIpc) is 2.57. The van der Waals surface area contributed by atoms with E-state index in [0.29, 0.717) is 5.75 Å². The summed E-state index contributed by atoms with van der Waals surface area (Å²) in [6.07, 6.45) is 6.20. The summed E-state index contributed by atoms with van der Waals surface area (Å²) in [5.41, 5.74) is 2.54. The van der Waals surface area contributed by atoms with Gasteiger partial charge in [-0.1, -0.05) is 41.5 Å². The topological polar surface area (TPSA) is 83.5 Å². The second-order valence-electron chi connectivity index (χ2n) is 6.23. The van der Waals surface area contributed by atoms with Crippen LogP contribution in [0.2, 0.25) is 0 Å². The molecule has 1 aromatic carbocycles. The van der Waals surface area contributed by atoms with Gasteiger partial charge >= 0.3 is 5.97 Å². The minimum Gasteiger partial charge on any atom is -0.480 e. The SMILES string of the molecule is CC(C)=CCC/C(C)=C/CSC[C@H](NS(=O)(=O)c1ccccc1)C(=O)O. The van der Waals surface area contributed by atoms with E-state index in [0.717, 1.165) is 12.8 Å². The minimum absolute atomic E-state index is 0.0614. The van der Waals surface area contributed by atoms with Gasteiger partial charge in [0, 0.05) is 11.5 Å². The molecule has 144 valence electrons. The van der Waals surface area contributed by atoms with Gasteiger partial charge in [0.1, 0.15) is 6.04 Å². The summed E-state index contributed by atoms with van der Waals surface area (Å²) in [7, 11) is -3.84. The van der Waals surface area contributed by atoms with Crippen LogP contribution in [0.15, 0.2) is 58.5 Å². The number of carbonyl (C=O) groups is 1. The predicted octanol–water partition coefficient (Wildman–Crippen LogP) is 3.84. The molecule has 26 heavy (non-hydrogen) atoms. The Morgan fingerprint density at radius 1 is 1.19 bits per heavy atom. The van der Waals surface area contributed by atoms with E-state index in [-0.39, 0.29) is 10.6 Å². The van der Waals surface area contributed by atoms with Gasteiger partial charge in [-0.2, -0.15) is 16.5 Å². The van der Waals surface area contributed by atoms with E-state index in [1.165, 1.54) is 35.0 Å². The van der Waals surface area contributed by atoms with Crippen LogP contribution in [0.25, 0.3) is 0 Å². The summed E-state index contributed by atoms with van der Waals surface area (Å²) in [6, 6.07) is 6.61. The van der Waals surface area contributed by atoms with Crippen LogP contribution in [-0.2, 0) is 14.8 Å². The zero-order valence-electron chi connectivity index (χ0n) is 15.4. The number of sulfonamides is 1. The first-order valence-corrected chi connectivity index (χ1v) is 11.0. The fraction of sp³-hybridized carbons (Fsp3) is 0.421. The number of hydrogen-bond acceptors (Lipinski definition) is 4. The van der Waals surface area contributed by atoms with Crippen LogP contribution in [0, 0.1) is 0 Å². The molecule has 0 radical (unpaired) electrons. The van der Waals surface area contributed by atoms with Gasteiger partial charge in [0.05, 0.1) is 4.90 Å². The van der Waals surface area contributed by atoms with E-state index < -0.39 is 22.0 Å². The molecule has 0 aliphatic carbocycles. The first-order chi connectivity index (χ1) is 12.2. The maximum absolute atomic E-state index is 12.3. The molecule has 1 rings (SSSR count). The van der Waals surface area contributed by atoms with Crippen molar-refractivity contribution in [1.29, 1.82) is 0 Å². The van der Waals surface area contributed by atoms with Crippen molar-refractivity contribution < 1.29 is 18.3 Å². The van der Waals surface area contributed by atoms with Crippen LogP contribution in [0.1, 0.15) is 33.6 Å². The lowest BCUT2D eigenvalue weighted by molar-refractivity contribution is -0.138. The molecule has 0 aliphatic rings. The Morgan fingerprint density at radius 3 is 2.42 bits per heavy atom. The van der Waals surface area contributed by atoms with Crippen LogP contribution in [-0.4, -0.2) is 37.0 Å². The van der Waals surface area contributed by atoms with E-state index in [1.54, 1.807) is 18.2 Å². The third-order valence-corrected chi connectivity index (χ3v) is 6.03. The molecular formula is C19H27NO4S2. The zero-order valence-corrected chi connectivity index (χ0v) is 17.1. The van der Waals surface area contributed by atoms with E-state index in [9.17, 15) is 18.3 Å². The van der Waals surface area contributed by atoms with Crippen LogP contribution >= 0.6 is 11.8 Å². The van der Waals surface area contributed by atoms with Crippen LogP contribution in [0.4, 0.5) is 0 Å². The van der Waals surface area contributed by atoms with Crippen molar-refractivity contribution in [2.24, 2.45) is 0 Å². The van der Waals surface area contributed by atoms with Gasteiger partial charge in [-0.05, 0) is 45.7 Å². The minimum atomic E-state index is -3.84. The Hall–Kier alpha value is -1.57. The highest BCUT2D eigenvalue weighted by molar-refractivity contribution is 7.99. The lowest BCUT2D eigenvalue weighted by atomic mass is 10.1. The van der Waals surface area contributed by atoms with E-state index in [4.69, 9.17) is 0 Å². The highest BCUT2D eigenvalue weighted by Gasteiger charge is 2.24. The summed E-state index contributed by atoms with van der Waals surface area (Å²) in [4.78, 5) is 11.4. The number of allylic oxidation sites excluding steroid dienone is 3. The fourth-order valence-corrected chi connectivity index (χ4v) is 4.40. The van der Waals surface area contributed by atoms with Crippen LogP contribution in [0.5, 0.6) is 0 Å². The smallest absolute Gasteiger partial charge is 0.322 e. The Kier molecular flexibility index (Phi) is 9.69. The first-order valence-electron chi connectivity index (χ1n) is 8.39. The highest BCUT2D eigenvalue weighted by atomic mass is 32.2. The standard InChI is InChI=1S/C19H27NO4S2/c1-15(2)8-7-9-16(3)12-13-25-14-18(19(21)22)20-26(23,24)17-10-5-4-6-11-17/h4-6,8,10-12,18,20H,7,9,13-14H2,1-3H3,(H,21,22)/b16-12+/t18-/m0/s1. The van der Waals surface area contributed by atoms with E-state index in [2.05, 4.69) is 30.7 Å². The van der Waals surface area contributed by atoms with Crippen molar-refractivity contribution >= 4 is 27.8 Å². The maximum atomic E-state index is 12.3. The maximum Gasteiger partial charge on any atom is 0.322 e. The molecule has 0 saturated heterocycles. The summed E-state index contributed by atoms with van der Waals surface area (Å²) in [5.74, 6) is -0.363. The van der Waals surface area contributed by atoms with E-state index >= 15 is 0 Å². The number of carboxylic acid groups (broad SMARTS) is 1. The number of hydrogen-bond donors (Lipinski definition) is 2. The third kappa shape index (κ3) is 8.69. The summed E-state index contributed by atoms with van der Waals surface area (Å²) in [6.45, 7) is 6.18. The van der Waals surface area contributed by atoms with Gasteiger partial charge in [0.15, 0.2) is 0 Å². The number of nitrogens with one attached hydrogen (secondary N) is 1. The molecule has 0 spiro atoms.